The molecule has 2 N–H and O–H groups in total. The van der Waals surface area contributed by atoms with Gasteiger partial charge in [-0.1, -0.05) is 24.3 Å². The van der Waals surface area contributed by atoms with E-state index in [4.69, 9.17) is 4.74 Å². The third-order valence-corrected chi connectivity index (χ3v) is 4.77. The second-order valence-electron chi connectivity index (χ2n) is 7.00. The van der Waals surface area contributed by atoms with E-state index < -0.39 is 4.92 Å². The Balaban J connectivity index is 1.56. The second kappa shape index (κ2) is 10.5. The van der Waals surface area contributed by atoms with Crippen molar-refractivity contribution in [1.82, 2.24) is 10.6 Å². The van der Waals surface area contributed by atoms with Crippen molar-refractivity contribution >= 4 is 11.6 Å². The Hall–Kier alpha value is -3.00. The van der Waals surface area contributed by atoms with Crippen molar-refractivity contribution in [2.45, 2.75) is 19.4 Å². The van der Waals surface area contributed by atoms with Gasteiger partial charge in [-0.3, -0.25) is 10.1 Å². The number of guanidine groups is 1. The second-order valence-corrected chi connectivity index (χ2v) is 7.00. The number of nitrogens with one attached hydrogen (secondary N) is 2. The monoisotopic (exact) mass is 400 g/mol. The number of halogens is 1. The zero-order chi connectivity index (χ0) is 20.5. The Morgan fingerprint density at radius 1 is 1.14 bits per heavy atom. The number of hydrogen-bond acceptors (Lipinski definition) is 4. The van der Waals surface area contributed by atoms with Gasteiger partial charge in [-0.2, -0.15) is 0 Å². The van der Waals surface area contributed by atoms with Gasteiger partial charge in [-0.05, 0) is 36.1 Å². The zero-order valence-electron chi connectivity index (χ0n) is 16.1. The Morgan fingerprint density at radius 2 is 1.86 bits per heavy atom. The third-order valence-electron chi connectivity index (χ3n) is 4.77. The lowest BCUT2D eigenvalue weighted by atomic mass is 10.1. The van der Waals surface area contributed by atoms with Gasteiger partial charge < -0.3 is 15.4 Å². The van der Waals surface area contributed by atoms with E-state index in [1.807, 2.05) is 0 Å². The lowest BCUT2D eigenvalue weighted by Crippen LogP contribution is -2.41. The minimum atomic E-state index is -0.416. The van der Waals surface area contributed by atoms with Crippen LogP contribution in [0.5, 0.6) is 0 Å². The number of rotatable bonds is 8. The minimum Gasteiger partial charge on any atom is -0.381 e. The van der Waals surface area contributed by atoms with E-state index in [2.05, 4.69) is 15.6 Å². The van der Waals surface area contributed by atoms with Crippen LogP contribution in [0.1, 0.15) is 17.5 Å². The summed E-state index contributed by atoms with van der Waals surface area (Å²) in [7, 11) is 0. The zero-order valence-corrected chi connectivity index (χ0v) is 16.1. The first kappa shape index (κ1) is 20.7. The van der Waals surface area contributed by atoms with E-state index in [1.165, 1.54) is 24.3 Å². The van der Waals surface area contributed by atoms with Crippen molar-refractivity contribution in [3.63, 3.8) is 0 Å². The van der Waals surface area contributed by atoms with Crippen molar-refractivity contribution in [1.29, 1.82) is 0 Å². The smallest absolute Gasteiger partial charge is 0.269 e. The van der Waals surface area contributed by atoms with Gasteiger partial charge in [0.2, 0.25) is 0 Å². The average Bonchev–Trinajstić information content (AvgIpc) is 3.25. The van der Waals surface area contributed by atoms with Crippen molar-refractivity contribution < 1.29 is 14.1 Å². The van der Waals surface area contributed by atoms with Gasteiger partial charge in [0.05, 0.1) is 18.1 Å². The summed E-state index contributed by atoms with van der Waals surface area (Å²) in [5.41, 5.74) is 1.99. The molecule has 0 amide bonds. The highest BCUT2D eigenvalue weighted by Gasteiger charge is 2.15. The highest BCUT2D eigenvalue weighted by molar-refractivity contribution is 5.79. The van der Waals surface area contributed by atoms with Crippen LogP contribution in [-0.4, -0.2) is 37.2 Å². The molecule has 3 rings (SSSR count). The van der Waals surface area contributed by atoms with Crippen LogP contribution in [0.4, 0.5) is 10.1 Å². The standard InChI is InChI=1S/C21H25FN4O3/c22-19-5-1-16(2-6-19)9-11-23-21(25-14-18-10-12-29-15-18)24-13-17-3-7-20(8-4-17)26(27)28/h1-8,18H,9-15H2,(H2,23,24,25). The van der Waals surface area contributed by atoms with E-state index >= 15 is 0 Å². The first-order valence-electron chi connectivity index (χ1n) is 9.68. The highest BCUT2D eigenvalue weighted by atomic mass is 19.1. The van der Waals surface area contributed by atoms with Gasteiger partial charge in [-0.25, -0.2) is 9.38 Å². The predicted octanol–water partition coefficient (Wildman–Crippen LogP) is 3.05. The predicted molar refractivity (Wildman–Crippen MR) is 109 cm³/mol. The topological polar surface area (TPSA) is 88.8 Å². The van der Waals surface area contributed by atoms with Crippen LogP contribution in [-0.2, 0) is 17.7 Å². The lowest BCUT2D eigenvalue weighted by molar-refractivity contribution is -0.384. The van der Waals surface area contributed by atoms with E-state index in [0.717, 1.165) is 43.7 Å². The molecular weight excluding hydrogens is 375 g/mol. The Morgan fingerprint density at radius 3 is 2.52 bits per heavy atom. The normalized spacial score (nSPS) is 16.6. The summed E-state index contributed by atoms with van der Waals surface area (Å²) >= 11 is 0. The van der Waals surface area contributed by atoms with Crippen LogP contribution in [0.3, 0.4) is 0 Å². The lowest BCUT2D eigenvalue weighted by Gasteiger charge is -2.15. The molecule has 29 heavy (non-hydrogen) atoms. The summed E-state index contributed by atoms with van der Waals surface area (Å²) in [5, 5.41) is 17.4. The number of non-ortho nitro benzene ring substituents is 1. The van der Waals surface area contributed by atoms with Crippen LogP contribution < -0.4 is 10.6 Å². The number of nitro groups is 1. The maximum absolute atomic E-state index is 13.0. The molecule has 0 spiro atoms. The summed E-state index contributed by atoms with van der Waals surface area (Å²) < 4.78 is 18.4. The summed E-state index contributed by atoms with van der Waals surface area (Å²) in [5.74, 6) is 0.892. The Labute approximate surface area is 169 Å². The van der Waals surface area contributed by atoms with Crippen LogP contribution >= 0.6 is 0 Å². The van der Waals surface area contributed by atoms with Crippen molar-refractivity contribution in [3.8, 4) is 0 Å². The number of nitrogens with zero attached hydrogens (tertiary/aromatic N) is 2. The molecule has 2 aromatic rings. The summed E-state index contributed by atoms with van der Waals surface area (Å²) in [6.07, 6.45) is 1.77. The highest BCUT2D eigenvalue weighted by Crippen LogP contribution is 2.13. The molecule has 1 fully saturated rings. The van der Waals surface area contributed by atoms with Crippen molar-refractivity contribution in [2.24, 2.45) is 10.9 Å². The third kappa shape index (κ3) is 6.83. The fourth-order valence-corrected chi connectivity index (χ4v) is 3.03. The average molecular weight is 400 g/mol. The van der Waals surface area contributed by atoms with Gasteiger partial charge in [-0.15, -0.1) is 0 Å². The van der Waals surface area contributed by atoms with E-state index in [-0.39, 0.29) is 11.5 Å². The Kier molecular flexibility index (Phi) is 7.52. The summed E-state index contributed by atoms with van der Waals surface area (Å²) in [6, 6.07) is 12.8. The van der Waals surface area contributed by atoms with Gasteiger partial charge >= 0.3 is 0 Å². The molecule has 0 radical (unpaired) electrons. The molecule has 2 aromatic carbocycles. The molecule has 0 aliphatic carbocycles. The quantitative estimate of drug-likeness (QED) is 0.308. The van der Waals surface area contributed by atoms with Crippen LogP contribution in [0.15, 0.2) is 53.5 Å². The summed E-state index contributed by atoms with van der Waals surface area (Å²) in [6.45, 7) is 3.37. The van der Waals surface area contributed by atoms with E-state index in [1.54, 1.807) is 24.3 Å². The fourth-order valence-electron chi connectivity index (χ4n) is 3.03. The molecule has 154 valence electrons. The molecule has 0 bridgehead atoms. The van der Waals surface area contributed by atoms with Crippen molar-refractivity contribution in [3.05, 3.63) is 75.6 Å². The molecule has 1 atom stereocenters. The molecule has 1 heterocycles. The number of benzene rings is 2. The maximum Gasteiger partial charge on any atom is 0.269 e. The molecule has 0 aromatic heterocycles. The van der Waals surface area contributed by atoms with Gasteiger partial charge in [0, 0.05) is 37.7 Å². The number of nitro benzene ring substituents is 1. The van der Waals surface area contributed by atoms with Crippen molar-refractivity contribution in [2.75, 3.05) is 26.3 Å². The summed E-state index contributed by atoms with van der Waals surface area (Å²) in [4.78, 5) is 15.0. The van der Waals surface area contributed by atoms with E-state index in [9.17, 15) is 14.5 Å². The number of aliphatic imine (C=N–C) groups is 1. The molecule has 1 unspecified atom stereocenters. The molecule has 0 saturated carbocycles. The van der Waals surface area contributed by atoms with Gasteiger partial charge in [0.15, 0.2) is 5.96 Å². The van der Waals surface area contributed by atoms with E-state index in [0.29, 0.717) is 25.0 Å². The minimum absolute atomic E-state index is 0.0646. The first-order valence-corrected chi connectivity index (χ1v) is 9.68. The van der Waals surface area contributed by atoms with Gasteiger partial charge in [0.25, 0.3) is 5.69 Å². The molecular formula is C21H25FN4O3. The number of hydrogen-bond donors (Lipinski definition) is 2. The molecule has 1 saturated heterocycles. The first-order chi connectivity index (χ1) is 14.1. The molecule has 8 heteroatoms. The SMILES string of the molecule is O=[N+]([O-])c1ccc(CN=C(NCCc2ccc(F)cc2)NCC2CCOC2)cc1. The molecule has 1 aliphatic heterocycles. The van der Waals surface area contributed by atoms with Crippen LogP contribution in [0, 0.1) is 21.8 Å². The largest absolute Gasteiger partial charge is 0.381 e. The maximum atomic E-state index is 13.0. The van der Waals surface area contributed by atoms with Gasteiger partial charge in [0.1, 0.15) is 5.82 Å². The molecule has 1 aliphatic rings. The Bertz CT molecular complexity index is 819. The van der Waals surface area contributed by atoms with Crippen LogP contribution in [0.2, 0.25) is 0 Å². The van der Waals surface area contributed by atoms with Crippen LogP contribution in [0.25, 0.3) is 0 Å². The number of ether oxygens (including phenoxy) is 1. The molecule has 7 nitrogen and oxygen atoms in total. The fraction of sp³-hybridized carbons (Fsp3) is 0.381.